The third-order valence-corrected chi connectivity index (χ3v) is 3.04. The summed E-state index contributed by atoms with van der Waals surface area (Å²) < 4.78 is 5.21. The van der Waals surface area contributed by atoms with Gasteiger partial charge in [-0.2, -0.15) is 0 Å². The fraction of sp³-hybridized carbons (Fsp3) is 0.462. The summed E-state index contributed by atoms with van der Waals surface area (Å²) in [5.74, 6) is 0.927. The lowest BCUT2D eigenvalue weighted by Crippen LogP contribution is -2.28. The Bertz CT molecular complexity index is 401. The average molecular weight is 219 g/mol. The summed E-state index contributed by atoms with van der Waals surface area (Å²) in [6.45, 7) is 1.57. The number of hydrogen-bond acceptors (Lipinski definition) is 2. The van der Waals surface area contributed by atoms with E-state index in [9.17, 15) is 4.79 Å². The first-order valence-electron chi connectivity index (χ1n) is 5.64. The summed E-state index contributed by atoms with van der Waals surface area (Å²) in [5.41, 5.74) is 2.53. The van der Waals surface area contributed by atoms with Crippen LogP contribution in [0.4, 0.5) is 0 Å². The Morgan fingerprint density at radius 2 is 2.31 bits per heavy atom. The molecular weight excluding hydrogens is 202 g/mol. The second kappa shape index (κ2) is 4.56. The van der Waals surface area contributed by atoms with Crippen molar-refractivity contribution in [1.82, 2.24) is 5.32 Å². The number of rotatable bonds is 2. The summed E-state index contributed by atoms with van der Waals surface area (Å²) >= 11 is 0. The fourth-order valence-corrected chi connectivity index (χ4v) is 2.31. The molecule has 0 saturated carbocycles. The van der Waals surface area contributed by atoms with Crippen molar-refractivity contribution in [1.29, 1.82) is 0 Å². The minimum Gasteiger partial charge on any atom is -0.497 e. The van der Waals surface area contributed by atoms with Gasteiger partial charge in [-0.05, 0) is 42.5 Å². The molecule has 1 aromatic carbocycles. The summed E-state index contributed by atoms with van der Waals surface area (Å²) in [4.78, 5) is 11.1. The molecule has 1 aliphatic carbocycles. The predicted octanol–water partition coefficient (Wildman–Crippen LogP) is 2.21. The molecule has 1 amide bonds. The molecule has 0 aromatic heterocycles. The molecule has 0 aliphatic heterocycles. The van der Waals surface area contributed by atoms with Crippen LogP contribution in [0.1, 0.15) is 36.9 Å². The first kappa shape index (κ1) is 11.0. The van der Waals surface area contributed by atoms with Gasteiger partial charge in [0.2, 0.25) is 5.91 Å². The van der Waals surface area contributed by atoms with E-state index in [1.807, 2.05) is 6.07 Å². The Hall–Kier alpha value is -1.51. The van der Waals surface area contributed by atoms with Gasteiger partial charge in [0.1, 0.15) is 5.75 Å². The highest BCUT2D eigenvalue weighted by molar-refractivity contribution is 5.73. The van der Waals surface area contributed by atoms with Crippen molar-refractivity contribution in [3.63, 3.8) is 0 Å². The van der Waals surface area contributed by atoms with Gasteiger partial charge in [-0.1, -0.05) is 6.07 Å². The molecule has 2 rings (SSSR count). The number of ether oxygens (including phenoxy) is 1. The van der Waals surface area contributed by atoms with Crippen LogP contribution in [0, 0.1) is 0 Å². The molecule has 3 heteroatoms. The number of hydrogen-bond donors (Lipinski definition) is 1. The number of aryl methyl sites for hydroxylation is 1. The van der Waals surface area contributed by atoms with E-state index in [2.05, 4.69) is 17.4 Å². The van der Waals surface area contributed by atoms with Gasteiger partial charge in [0, 0.05) is 6.92 Å². The molecule has 0 radical (unpaired) electrons. The zero-order valence-corrected chi connectivity index (χ0v) is 9.75. The van der Waals surface area contributed by atoms with Crippen molar-refractivity contribution in [2.45, 2.75) is 32.2 Å². The standard InChI is InChI=1S/C13H17NO2/c1-9(15)14-13-5-3-4-10-8-11(16-2)6-7-12(10)13/h6-8,13H,3-5H2,1-2H3,(H,14,15)/t13-/m1/s1. The summed E-state index contributed by atoms with van der Waals surface area (Å²) in [6.07, 6.45) is 3.21. The van der Waals surface area contributed by atoms with Crippen molar-refractivity contribution in [2.75, 3.05) is 7.11 Å². The van der Waals surface area contributed by atoms with Gasteiger partial charge in [0.25, 0.3) is 0 Å². The summed E-state index contributed by atoms with van der Waals surface area (Å²) in [7, 11) is 1.68. The maximum atomic E-state index is 11.1. The van der Waals surface area contributed by atoms with Gasteiger partial charge < -0.3 is 10.1 Å². The lowest BCUT2D eigenvalue weighted by Gasteiger charge is -2.26. The quantitative estimate of drug-likeness (QED) is 0.828. The molecule has 1 N–H and O–H groups in total. The summed E-state index contributed by atoms with van der Waals surface area (Å²) in [5, 5.41) is 3.00. The van der Waals surface area contributed by atoms with Gasteiger partial charge in [-0.15, -0.1) is 0 Å². The molecule has 0 fully saturated rings. The van der Waals surface area contributed by atoms with E-state index in [0.717, 1.165) is 25.0 Å². The fourth-order valence-electron chi connectivity index (χ4n) is 2.31. The van der Waals surface area contributed by atoms with Crippen LogP contribution in [0.3, 0.4) is 0 Å². The smallest absolute Gasteiger partial charge is 0.217 e. The van der Waals surface area contributed by atoms with Crippen LogP contribution in [0.5, 0.6) is 5.75 Å². The highest BCUT2D eigenvalue weighted by Crippen LogP contribution is 2.31. The topological polar surface area (TPSA) is 38.3 Å². The molecule has 86 valence electrons. The van der Waals surface area contributed by atoms with Gasteiger partial charge in [-0.3, -0.25) is 4.79 Å². The number of carbonyl (C=O) groups excluding carboxylic acids is 1. The molecule has 0 heterocycles. The number of benzene rings is 1. The van der Waals surface area contributed by atoms with Crippen LogP contribution in [-0.2, 0) is 11.2 Å². The van der Waals surface area contributed by atoms with Crippen LogP contribution in [0.15, 0.2) is 18.2 Å². The highest BCUT2D eigenvalue weighted by atomic mass is 16.5. The number of methoxy groups -OCH3 is 1. The summed E-state index contributed by atoms with van der Waals surface area (Å²) in [6, 6.07) is 6.27. The van der Waals surface area contributed by atoms with Crippen molar-refractivity contribution in [2.24, 2.45) is 0 Å². The van der Waals surface area contributed by atoms with Crippen molar-refractivity contribution >= 4 is 5.91 Å². The maximum Gasteiger partial charge on any atom is 0.217 e. The van der Waals surface area contributed by atoms with Crippen LogP contribution in [0.25, 0.3) is 0 Å². The SMILES string of the molecule is COc1ccc2c(c1)CCC[C@H]2NC(C)=O. The second-order valence-corrected chi connectivity index (χ2v) is 4.21. The van der Waals surface area contributed by atoms with Gasteiger partial charge in [0.05, 0.1) is 13.2 Å². The third kappa shape index (κ3) is 2.18. The lowest BCUT2D eigenvalue weighted by atomic mass is 9.87. The van der Waals surface area contributed by atoms with Crippen molar-refractivity contribution in [3.05, 3.63) is 29.3 Å². The van der Waals surface area contributed by atoms with E-state index >= 15 is 0 Å². The first-order chi connectivity index (χ1) is 7.70. The van der Waals surface area contributed by atoms with Crippen molar-refractivity contribution < 1.29 is 9.53 Å². The monoisotopic (exact) mass is 219 g/mol. The number of fused-ring (bicyclic) bond motifs is 1. The van der Waals surface area contributed by atoms with E-state index in [1.165, 1.54) is 11.1 Å². The molecule has 16 heavy (non-hydrogen) atoms. The molecule has 1 atom stereocenters. The van der Waals surface area contributed by atoms with E-state index in [4.69, 9.17) is 4.74 Å². The minimum absolute atomic E-state index is 0.0358. The second-order valence-electron chi connectivity index (χ2n) is 4.21. The molecule has 1 aliphatic rings. The maximum absolute atomic E-state index is 11.1. The van der Waals surface area contributed by atoms with Crippen LogP contribution in [0.2, 0.25) is 0 Å². The molecule has 0 saturated heterocycles. The van der Waals surface area contributed by atoms with Crippen LogP contribution < -0.4 is 10.1 Å². The molecule has 0 spiro atoms. The van der Waals surface area contributed by atoms with E-state index in [1.54, 1.807) is 14.0 Å². The Labute approximate surface area is 95.8 Å². The zero-order chi connectivity index (χ0) is 11.5. The zero-order valence-electron chi connectivity index (χ0n) is 9.75. The molecule has 0 unspecified atom stereocenters. The largest absolute Gasteiger partial charge is 0.497 e. The minimum atomic E-state index is 0.0358. The number of nitrogens with one attached hydrogen (secondary N) is 1. The molecular formula is C13H17NO2. The van der Waals surface area contributed by atoms with E-state index < -0.39 is 0 Å². The Kier molecular flexibility index (Phi) is 3.13. The van der Waals surface area contributed by atoms with Gasteiger partial charge >= 0.3 is 0 Å². The molecule has 3 nitrogen and oxygen atoms in total. The number of amides is 1. The third-order valence-electron chi connectivity index (χ3n) is 3.04. The van der Waals surface area contributed by atoms with E-state index in [0.29, 0.717) is 0 Å². The van der Waals surface area contributed by atoms with Crippen LogP contribution in [-0.4, -0.2) is 13.0 Å². The highest BCUT2D eigenvalue weighted by Gasteiger charge is 2.20. The molecule has 1 aromatic rings. The Morgan fingerprint density at radius 3 is 3.00 bits per heavy atom. The predicted molar refractivity (Wildman–Crippen MR) is 62.5 cm³/mol. The average Bonchev–Trinajstić information content (AvgIpc) is 2.28. The van der Waals surface area contributed by atoms with Crippen molar-refractivity contribution in [3.8, 4) is 5.75 Å². The Morgan fingerprint density at radius 1 is 1.50 bits per heavy atom. The van der Waals surface area contributed by atoms with E-state index in [-0.39, 0.29) is 11.9 Å². The van der Waals surface area contributed by atoms with Gasteiger partial charge in [0.15, 0.2) is 0 Å². The number of carbonyl (C=O) groups is 1. The normalized spacial score (nSPS) is 18.8. The lowest BCUT2D eigenvalue weighted by molar-refractivity contribution is -0.119. The Balaban J connectivity index is 2.28. The molecule has 0 bridgehead atoms. The van der Waals surface area contributed by atoms with Gasteiger partial charge in [-0.25, -0.2) is 0 Å². The van der Waals surface area contributed by atoms with Crippen LogP contribution >= 0.6 is 0 Å². The first-order valence-corrected chi connectivity index (χ1v) is 5.64.